The zero-order chi connectivity index (χ0) is 25.4. The number of nitrogens with one attached hydrogen (secondary N) is 1. The van der Waals surface area contributed by atoms with E-state index in [-0.39, 0.29) is 10.5 Å². The van der Waals surface area contributed by atoms with Gasteiger partial charge in [-0.1, -0.05) is 42.5 Å². The Morgan fingerprint density at radius 3 is 2.23 bits per heavy atom. The summed E-state index contributed by atoms with van der Waals surface area (Å²) in [6, 6.07) is 21.8. The van der Waals surface area contributed by atoms with Gasteiger partial charge in [0, 0.05) is 13.6 Å². The minimum atomic E-state index is -3.90. The molecule has 3 rings (SSSR count). The molecule has 1 N–H and O–H groups in total. The van der Waals surface area contributed by atoms with Gasteiger partial charge in [-0.05, 0) is 55.3 Å². The largest absolute Gasteiger partial charge is 0.495 e. The Bertz CT molecular complexity index is 1260. The number of hydrogen-bond donors (Lipinski definition) is 1. The lowest BCUT2D eigenvalue weighted by molar-refractivity contribution is -0.129. The van der Waals surface area contributed by atoms with E-state index in [1.165, 1.54) is 45.3 Å². The van der Waals surface area contributed by atoms with Gasteiger partial charge in [0.1, 0.15) is 5.75 Å². The first-order chi connectivity index (χ1) is 16.7. The van der Waals surface area contributed by atoms with Crippen molar-refractivity contribution in [2.75, 3.05) is 25.0 Å². The van der Waals surface area contributed by atoms with Crippen molar-refractivity contribution in [1.82, 2.24) is 5.32 Å². The third-order valence-corrected chi connectivity index (χ3v) is 7.17. The van der Waals surface area contributed by atoms with Crippen LogP contribution in [0.15, 0.2) is 83.8 Å². The SMILES string of the molecule is COc1ccccc1N(C)S(=O)(=O)c1ccc(C(=O)OC(C)C(=O)NCCc2ccccc2)cc1. The van der Waals surface area contributed by atoms with Crippen LogP contribution in [0.3, 0.4) is 0 Å². The zero-order valence-electron chi connectivity index (χ0n) is 19.8. The number of ether oxygens (including phenoxy) is 2. The lowest BCUT2D eigenvalue weighted by Crippen LogP contribution is -2.36. The van der Waals surface area contributed by atoms with Crippen molar-refractivity contribution >= 4 is 27.6 Å². The van der Waals surface area contributed by atoms with E-state index in [0.29, 0.717) is 24.4 Å². The maximum Gasteiger partial charge on any atom is 0.338 e. The highest BCUT2D eigenvalue weighted by molar-refractivity contribution is 7.92. The van der Waals surface area contributed by atoms with Gasteiger partial charge in [-0.25, -0.2) is 13.2 Å². The summed E-state index contributed by atoms with van der Waals surface area (Å²) in [5.74, 6) is -0.723. The van der Waals surface area contributed by atoms with Crippen molar-refractivity contribution in [3.8, 4) is 5.75 Å². The Kier molecular flexibility index (Phi) is 8.48. The maximum absolute atomic E-state index is 13.1. The van der Waals surface area contributed by atoms with E-state index in [4.69, 9.17) is 9.47 Å². The topological polar surface area (TPSA) is 102 Å². The quantitative estimate of drug-likeness (QED) is 0.432. The van der Waals surface area contributed by atoms with Crippen molar-refractivity contribution < 1.29 is 27.5 Å². The van der Waals surface area contributed by atoms with Gasteiger partial charge < -0.3 is 14.8 Å². The summed E-state index contributed by atoms with van der Waals surface area (Å²) >= 11 is 0. The molecular formula is C26H28N2O6S. The van der Waals surface area contributed by atoms with Crippen LogP contribution in [0.4, 0.5) is 5.69 Å². The fourth-order valence-corrected chi connectivity index (χ4v) is 4.55. The predicted octanol–water partition coefficient (Wildman–Crippen LogP) is 3.42. The standard InChI is InChI=1S/C26H28N2O6S/c1-19(25(29)27-18-17-20-9-5-4-6-10-20)34-26(30)21-13-15-22(16-14-21)35(31,32)28(2)23-11-7-8-12-24(23)33-3/h4-16,19H,17-18H2,1-3H3,(H,27,29). The van der Waals surface area contributed by atoms with Gasteiger partial charge in [0.25, 0.3) is 15.9 Å². The van der Waals surface area contributed by atoms with Crippen molar-refractivity contribution in [2.24, 2.45) is 0 Å². The number of methoxy groups -OCH3 is 1. The zero-order valence-corrected chi connectivity index (χ0v) is 20.6. The molecule has 3 aromatic carbocycles. The van der Waals surface area contributed by atoms with Gasteiger partial charge in [-0.15, -0.1) is 0 Å². The Labute approximate surface area is 205 Å². The molecule has 0 aliphatic rings. The summed E-state index contributed by atoms with van der Waals surface area (Å²) in [5, 5.41) is 2.74. The molecule has 1 atom stereocenters. The number of sulfonamides is 1. The molecule has 0 bridgehead atoms. The maximum atomic E-state index is 13.1. The number of carbonyl (C=O) groups excluding carboxylic acids is 2. The third-order valence-electron chi connectivity index (χ3n) is 5.38. The molecule has 35 heavy (non-hydrogen) atoms. The highest BCUT2D eigenvalue weighted by atomic mass is 32.2. The van der Waals surface area contributed by atoms with Crippen molar-refractivity contribution in [3.05, 3.63) is 90.0 Å². The van der Waals surface area contributed by atoms with Gasteiger partial charge in [0.2, 0.25) is 0 Å². The molecule has 0 spiro atoms. The van der Waals surface area contributed by atoms with Crippen molar-refractivity contribution in [2.45, 2.75) is 24.3 Å². The van der Waals surface area contributed by atoms with Crippen LogP contribution >= 0.6 is 0 Å². The van der Waals surface area contributed by atoms with E-state index >= 15 is 0 Å². The fraction of sp³-hybridized carbons (Fsp3) is 0.231. The second-order valence-electron chi connectivity index (χ2n) is 7.74. The van der Waals surface area contributed by atoms with Crippen LogP contribution in [-0.4, -0.2) is 47.1 Å². The third kappa shape index (κ3) is 6.39. The average molecular weight is 497 g/mol. The molecule has 0 fully saturated rings. The molecule has 0 aromatic heterocycles. The summed E-state index contributed by atoms with van der Waals surface area (Å²) in [7, 11) is -1.01. The van der Waals surface area contributed by atoms with E-state index in [9.17, 15) is 18.0 Å². The highest BCUT2D eigenvalue weighted by Gasteiger charge is 2.24. The molecule has 1 amide bonds. The van der Waals surface area contributed by atoms with E-state index in [0.717, 1.165) is 9.87 Å². The number of hydrogen-bond acceptors (Lipinski definition) is 6. The number of esters is 1. The Morgan fingerprint density at radius 2 is 1.57 bits per heavy atom. The minimum absolute atomic E-state index is 0.00541. The van der Waals surface area contributed by atoms with E-state index in [2.05, 4.69) is 5.32 Å². The second kappa shape index (κ2) is 11.5. The van der Waals surface area contributed by atoms with Gasteiger partial charge in [0.15, 0.2) is 6.10 Å². The van der Waals surface area contributed by atoms with Crippen LogP contribution in [0.2, 0.25) is 0 Å². The summed E-state index contributed by atoms with van der Waals surface area (Å²) in [4.78, 5) is 24.7. The van der Waals surface area contributed by atoms with Crippen LogP contribution < -0.4 is 14.4 Å². The first kappa shape index (κ1) is 25.8. The van der Waals surface area contributed by atoms with Crippen LogP contribution in [0.25, 0.3) is 0 Å². The van der Waals surface area contributed by atoms with Gasteiger partial charge in [-0.2, -0.15) is 0 Å². The van der Waals surface area contributed by atoms with Crippen LogP contribution in [-0.2, 0) is 26.0 Å². The highest BCUT2D eigenvalue weighted by Crippen LogP contribution is 2.30. The molecule has 0 saturated carbocycles. The molecule has 8 nitrogen and oxygen atoms in total. The number of nitrogens with zero attached hydrogens (tertiary/aromatic N) is 1. The van der Waals surface area contributed by atoms with E-state index < -0.39 is 28.0 Å². The Hall–Kier alpha value is -3.85. The Morgan fingerprint density at radius 1 is 0.943 bits per heavy atom. The van der Waals surface area contributed by atoms with Crippen LogP contribution in [0.1, 0.15) is 22.8 Å². The number of para-hydroxylation sites is 2. The molecule has 9 heteroatoms. The van der Waals surface area contributed by atoms with Crippen LogP contribution in [0.5, 0.6) is 5.75 Å². The second-order valence-corrected chi connectivity index (χ2v) is 9.71. The molecule has 0 heterocycles. The molecular weight excluding hydrogens is 468 g/mol. The van der Waals surface area contributed by atoms with Gasteiger partial charge in [-0.3, -0.25) is 9.10 Å². The lowest BCUT2D eigenvalue weighted by atomic mass is 10.1. The summed E-state index contributed by atoms with van der Waals surface area (Å²) in [6.45, 7) is 1.90. The number of anilines is 1. The number of benzene rings is 3. The first-order valence-electron chi connectivity index (χ1n) is 11.0. The average Bonchev–Trinajstić information content (AvgIpc) is 2.88. The van der Waals surface area contributed by atoms with Crippen LogP contribution in [0, 0.1) is 0 Å². The normalized spacial score (nSPS) is 11.9. The fourth-order valence-electron chi connectivity index (χ4n) is 3.34. The number of carbonyl (C=O) groups is 2. The van der Waals surface area contributed by atoms with Gasteiger partial charge >= 0.3 is 5.97 Å². The van der Waals surface area contributed by atoms with Crippen molar-refractivity contribution in [3.63, 3.8) is 0 Å². The summed E-state index contributed by atoms with van der Waals surface area (Å²) in [6.07, 6.45) is -0.342. The number of amides is 1. The molecule has 0 aliphatic heterocycles. The monoisotopic (exact) mass is 496 g/mol. The molecule has 3 aromatic rings. The Balaban J connectivity index is 1.60. The molecule has 1 unspecified atom stereocenters. The molecule has 184 valence electrons. The summed E-state index contributed by atoms with van der Waals surface area (Å²) < 4.78 is 37.7. The predicted molar refractivity (Wildman–Crippen MR) is 133 cm³/mol. The minimum Gasteiger partial charge on any atom is -0.495 e. The van der Waals surface area contributed by atoms with E-state index in [1.54, 1.807) is 24.3 Å². The number of rotatable bonds is 10. The van der Waals surface area contributed by atoms with Gasteiger partial charge in [0.05, 0.1) is 23.3 Å². The molecule has 0 radical (unpaired) electrons. The molecule has 0 saturated heterocycles. The van der Waals surface area contributed by atoms with Crippen molar-refractivity contribution in [1.29, 1.82) is 0 Å². The van der Waals surface area contributed by atoms with E-state index in [1.807, 2.05) is 30.3 Å². The lowest BCUT2D eigenvalue weighted by Gasteiger charge is -2.21. The first-order valence-corrected chi connectivity index (χ1v) is 12.4. The smallest absolute Gasteiger partial charge is 0.338 e. The summed E-state index contributed by atoms with van der Waals surface area (Å²) in [5.41, 5.74) is 1.60. The molecule has 0 aliphatic carbocycles.